The number of carbonyl (C=O) groups excluding carboxylic acids is 2. The fraction of sp³-hybridized carbons (Fsp3) is 0.714. The van der Waals surface area contributed by atoms with Gasteiger partial charge in [0.05, 0.1) is 27.7 Å². The molecule has 0 aromatic carbocycles. The Balaban J connectivity index is 4.12. The molecule has 0 radical (unpaired) electrons. The molecule has 0 spiro atoms. The molecular weight excluding hydrogens is 1010 g/mol. The monoisotopic (exact) mass is 1140 g/mol. The van der Waals surface area contributed by atoms with Crippen molar-refractivity contribution in [1.82, 2.24) is 0 Å². The molecule has 2 atom stereocenters. The van der Waals surface area contributed by atoms with E-state index in [1.165, 1.54) is 161 Å². The average molecular weight is 1140 g/mol. The van der Waals surface area contributed by atoms with Crippen LogP contribution in [0.5, 0.6) is 0 Å². The third-order valence-corrected chi connectivity index (χ3v) is 14.8. The molecule has 10 heteroatoms. The maximum Gasteiger partial charge on any atom is 0.472 e. The SMILES string of the molecule is CC/C=C\C/C=C\C/C=C\C/C=C\C/C=C\C/C=C\C/C=C\CCCC(=O)OC(COC(=O)CCCCCCCCCCCCCCCCCCCCCCC/C=C\C/C=C\CCCCCCC)COP(=O)(O)OCC[N+](C)(C)C. The van der Waals surface area contributed by atoms with Crippen LogP contribution < -0.4 is 0 Å². The van der Waals surface area contributed by atoms with Gasteiger partial charge in [-0.1, -0.05) is 271 Å². The predicted octanol–water partition coefficient (Wildman–Crippen LogP) is 20.9. The van der Waals surface area contributed by atoms with Gasteiger partial charge in [-0.05, 0) is 96.3 Å². The molecular formula is C70H123NO8P+. The van der Waals surface area contributed by atoms with Gasteiger partial charge in [0.1, 0.15) is 19.8 Å². The number of likely N-dealkylation sites (N-methyl/N-ethyl adjacent to an activating group) is 1. The maximum absolute atomic E-state index is 12.8. The number of carbonyl (C=O) groups is 2. The summed E-state index contributed by atoms with van der Waals surface area (Å²) in [5.41, 5.74) is 0. The first-order chi connectivity index (χ1) is 39.0. The maximum atomic E-state index is 12.8. The van der Waals surface area contributed by atoms with Crippen LogP contribution in [0.1, 0.15) is 271 Å². The van der Waals surface area contributed by atoms with E-state index in [2.05, 4.69) is 123 Å². The van der Waals surface area contributed by atoms with Crippen molar-refractivity contribution in [2.75, 3.05) is 47.5 Å². The Bertz CT molecular complexity index is 1720. The summed E-state index contributed by atoms with van der Waals surface area (Å²) in [5, 5.41) is 0. The van der Waals surface area contributed by atoms with Crippen LogP contribution in [0.2, 0.25) is 0 Å². The fourth-order valence-corrected chi connectivity index (χ4v) is 9.54. The molecule has 0 rings (SSSR count). The first-order valence-corrected chi connectivity index (χ1v) is 34.1. The van der Waals surface area contributed by atoms with E-state index in [0.717, 1.165) is 70.6 Å². The number of ether oxygens (including phenoxy) is 2. The van der Waals surface area contributed by atoms with E-state index in [-0.39, 0.29) is 32.0 Å². The van der Waals surface area contributed by atoms with E-state index in [4.69, 9.17) is 18.5 Å². The first kappa shape index (κ1) is 76.7. The number of hydrogen-bond acceptors (Lipinski definition) is 7. The van der Waals surface area contributed by atoms with Crippen molar-refractivity contribution < 1.29 is 42.1 Å². The zero-order valence-corrected chi connectivity index (χ0v) is 53.2. The lowest BCUT2D eigenvalue weighted by molar-refractivity contribution is -0.870. The molecule has 460 valence electrons. The average Bonchev–Trinajstić information content (AvgIpc) is 3.42. The van der Waals surface area contributed by atoms with Gasteiger partial charge in [-0.25, -0.2) is 4.57 Å². The van der Waals surface area contributed by atoms with Gasteiger partial charge in [0, 0.05) is 12.8 Å². The number of phosphoric ester groups is 1. The molecule has 0 amide bonds. The zero-order valence-electron chi connectivity index (χ0n) is 52.3. The van der Waals surface area contributed by atoms with Crippen LogP contribution in [-0.4, -0.2) is 74.9 Å². The van der Waals surface area contributed by atoms with Gasteiger partial charge in [0.15, 0.2) is 6.10 Å². The molecule has 0 heterocycles. The highest BCUT2D eigenvalue weighted by atomic mass is 31.2. The summed E-state index contributed by atoms with van der Waals surface area (Å²) in [6.07, 6.45) is 84.8. The minimum atomic E-state index is -4.41. The quantitative estimate of drug-likeness (QED) is 0.0211. The van der Waals surface area contributed by atoms with Crippen molar-refractivity contribution in [3.63, 3.8) is 0 Å². The molecule has 0 aromatic heterocycles. The Morgan fingerprint density at radius 2 is 0.725 bits per heavy atom. The van der Waals surface area contributed by atoms with Gasteiger partial charge >= 0.3 is 19.8 Å². The van der Waals surface area contributed by atoms with E-state index < -0.39 is 26.5 Å². The highest BCUT2D eigenvalue weighted by Gasteiger charge is 2.27. The van der Waals surface area contributed by atoms with E-state index in [9.17, 15) is 19.0 Å². The molecule has 0 saturated heterocycles. The second-order valence-electron chi connectivity index (χ2n) is 22.8. The highest BCUT2D eigenvalue weighted by molar-refractivity contribution is 7.47. The highest BCUT2D eigenvalue weighted by Crippen LogP contribution is 2.43. The van der Waals surface area contributed by atoms with Crippen molar-refractivity contribution in [2.45, 2.75) is 277 Å². The Labute approximate surface area is 493 Å². The molecule has 0 fully saturated rings. The van der Waals surface area contributed by atoms with Gasteiger partial charge in [0.25, 0.3) is 0 Å². The van der Waals surface area contributed by atoms with E-state index in [1.807, 2.05) is 21.1 Å². The normalized spacial score (nSPS) is 13.9. The third-order valence-electron chi connectivity index (χ3n) is 13.8. The smallest absolute Gasteiger partial charge is 0.462 e. The topological polar surface area (TPSA) is 108 Å². The van der Waals surface area contributed by atoms with Crippen molar-refractivity contribution in [2.24, 2.45) is 0 Å². The van der Waals surface area contributed by atoms with Gasteiger partial charge in [-0.15, -0.1) is 0 Å². The minimum Gasteiger partial charge on any atom is -0.462 e. The number of unbranched alkanes of at least 4 members (excludes halogenated alkanes) is 27. The van der Waals surface area contributed by atoms with E-state index in [1.54, 1.807) is 0 Å². The van der Waals surface area contributed by atoms with Gasteiger partial charge < -0.3 is 18.9 Å². The molecule has 0 aliphatic heterocycles. The summed E-state index contributed by atoms with van der Waals surface area (Å²) in [6, 6.07) is 0. The summed E-state index contributed by atoms with van der Waals surface area (Å²) >= 11 is 0. The lowest BCUT2D eigenvalue weighted by atomic mass is 10.0. The summed E-state index contributed by atoms with van der Waals surface area (Å²) in [5.74, 6) is -0.866. The number of nitrogens with zero attached hydrogens (tertiary/aromatic N) is 1. The number of quaternary nitrogens is 1. The van der Waals surface area contributed by atoms with Crippen LogP contribution >= 0.6 is 7.82 Å². The number of phosphoric acid groups is 1. The summed E-state index contributed by atoms with van der Waals surface area (Å²) in [6.45, 7) is 4.25. The molecule has 9 nitrogen and oxygen atoms in total. The van der Waals surface area contributed by atoms with Crippen LogP contribution in [0.4, 0.5) is 0 Å². The molecule has 0 saturated carbocycles. The Kier molecular flexibility index (Phi) is 57.8. The fourth-order valence-electron chi connectivity index (χ4n) is 8.80. The van der Waals surface area contributed by atoms with Gasteiger partial charge in [-0.3, -0.25) is 18.6 Å². The standard InChI is InChI=1S/C70H122NO8P/c1-6-8-10-12-14-16-18-20-22-24-26-28-30-31-32-33-34-35-36-37-38-39-41-42-44-46-48-50-52-54-56-58-60-62-69(72)76-66-68(67-78-80(74,75)77-65-64-71(3,4)5)79-70(73)63-61-59-57-55-53-51-49-47-45-43-40-29-27-25-23-21-19-17-15-13-11-9-7-2/h9,11,15,17-18,20-21,23-24,26-27,29,43,45,49,51,55,57,68H,6-8,10,12-14,16,19,22,25,28,30-42,44,46-48,50,52-54,56,58-67H2,1-5H3/p+1/b11-9-,17-15-,20-18-,23-21-,26-24-,29-27-,45-43-,51-49-,57-55-. The number of rotatable bonds is 59. The second kappa shape index (κ2) is 60.3. The second-order valence-corrected chi connectivity index (χ2v) is 24.2. The summed E-state index contributed by atoms with van der Waals surface area (Å²) < 4.78 is 34.6. The van der Waals surface area contributed by atoms with Gasteiger partial charge in [-0.2, -0.15) is 0 Å². The van der Waals surface area contributed by atoms with Crippen molar-refractivity contribution >= 4 is 19.8 Å². The number of esters is 2. The third kappa shape index (κ3) is 63.8. The summed E-state index contributed by atoms with van der Waals surface area (Å²) in [7, 11) is 1.43. The lowest BCUT2D eigenvalue weighted by Gasteiger charge is -2.24. The molecule has 0 aliphatic rings. The largest absolute Gasteiger partial charge is 0.472 e. The Morgan fingerprint density at radius 3 is 1.10 bits per heavy atom. The molecule has 0 bridgehead atoms. The van der Waals surface area contributed by atoms with Crippen LogP contribution in [0.25, 0.3) is 0 Å². The minimum absolute atomic E-state index is 0.0163. The molecule has 80 heavy (non-hydrogen) atoms. The first-order valence-electron chi connectivity index (χ1n) is 32.6. The lowest BCUT2D eigenvalue weighted by Crippen LogP contribution is -2.37. The van der Waals surface area contributed by atoms with Crippen LogP contribution in [-0.2, 0) is 32.7 Å². The Morgan fingerprint density at radius 1 is 0.400 bits per heavy atom. The van der Waals surface area contributed by atoms with E-state index >= 15 is 0 Å². The number of allylic oxidation sites excluding steroid dienone is 18. The predicted molar refractivity (Wildman–Crippen MR) is 344 cm³/mol. The molecule has 2 unspecified atom stereocenters. The van der Waals surface area contributed by atoms with Gasteiger partial charge in [0.2, 0.25) is 0 Å². The van der Waals surface area contributed by atoms with Crippen LogP contribution in [0.3, 0.4) is 0 Å². The van der Waals surface area contributed by atoms with Crippen LogP contribution in [0.15, 0.2) is 109 Å². The summed E-state index contributed by atoms with van der Waals surface area (Å²) in [4.78, 5) is 35.8. The van der Waals surface area contributed by atoms with Crippen molar-refractivity contribution in [1.29, 1.82) is 0 Å². The van der Waals surface area contributed by atoms with Crippen LogP contribution in [0, 0.1) is 0 Å². The Hall–Kier alpha value is -3.33. The molecule has 0 aliphatic carbocycles. The zero-order chi connectivity index (χ0) is 58.4. The van der Waals surface area contributed by atoms with E-state index in [0.29, 0.717) is 23.9 Å². The van der Waals surface area contributed by atoms with Crippen molar-refractivity contribution in [3.8, 4) is 0 Å². The molecule has 1 N–H and O–H groups in total. The number of hydrogen-bond donors (Lipinski definition) is 1. The van der Waals surface area contributed by atoms with Crippen molar-refractivity contribution in [3.05, 3.63) is 109 Å². The molecule has 0 aromatic rings.